The Kier molecular flexibility index (Phi) is 18.9. The molecule has 11 nitrogen and oxygen atoms in total. The number of para-hydroxylation sites is 3. The second kappa shape index (κ2) is 25.2. The number of anilines is 3. The molecule has 440 valence electrons. The molecule has 3 spiro atoms. The number of urea groups is 2. The van der Waals surface area contributed by atoms with E-state index in [0.717, 1.165) is 73.8 Å². The van der Waals surface area contributed by atoms with Crippen molar-refractivity contribution in [1.29, 1.82) is 0 Å². The molecule has 11 heteroatoms. The number of carbonyl (C=O) groups is 3. The first-order valence-electron chi connectivity index (χ1n) is 31.8. The summed E-state index contributed by atoms with van der Waals surface area (Å²) in [5.74, 6) is 2.18. The molecule has 1 unspecified atom stereocenters. The van der Waals surface area contributed by atoms with Gasteiger partial charge in [0.1, 0.15) is 0 Å². The topological polar surface area (TPSA) is 77.1 Å². The molecule has 6 aliphatic heterocycles. The van der Waals surface area contributed by atoms with Crippen LogP contribution in [0.1, 0.15) is 181 Å². The van der Waals surface area contributed by atoms with Crippen molar-refractivity contribution in [3.63, 3.8) is 0 Å². The van der Waals surface area contributed by atoms with Crippen molar-refractivity contribution >= 4 is 35.0 Å². The van der Waals surface area contributed by atoms with Crippen LogP contribution in [0, 0.1) is 22.7 Å². The van der Waals surface area contributed by atoms with Gasteiger partial charge in [-0.15, -0.1) is 0 Å². The minimum Gasteiger partial charge on any atom is -0.330 e. The summed E-state index contributed by atoms with van der Waals surface area (Å²) >= 11 is 0. The summed E-state index contributed by atoms with van der Waals surface area (Å²) < 4.78 is 0. The molecule has 3 aromatic rings. The predicted molar refractivity (Wildman–Crippen MR) is 332 cm³/mol. The van der Waals surface area contributed by atoms with Crippen molar-refractivity contribution in [1.82, 2.24) is 24.5 Å². The van der Waals surface area contributed by atoms with E-state index < -0.39 is 0 Å². The van der Waals surface area contributed by atoms with Crippen LogP contribution in [0.2, 0.25) is 0 Å². The third-order valence-electron chi connectivity index (χ3n) is 20.9. The Bertz CT molecular complexity index is 2550. The molecule has 3 aromatic carbocycles. The van der Waals surface area contributed by atoms with Crippen molar-refractivity contribution < 1.29 is 14.4 Å². The molecule has 3 saturated heterocycles. The Hall–Kier alpha value is -4.45. The largest absolute Gasteiger partial charge is 0.330 e. The molecule has 8 aliphatic rings. The van der Waals surface area contributed by atoms with Gasteiger partial charge in [0.05, 0.1) is 0 Å². The molecule has 2 bridgehead atoms. The lowest BCUT2D eigenvalue weighted by molar-refractivity contribution is -0.116. The van der Waals surface area contributed by atoms with Gasteiger partial charge in [0.15, 0.2) is 0 Å². The van der Waals surface area contributed by atoms with Gasteiger partial charge in [-0.2, -0.15) is 0 Å². The number of amides is 5. The highest BCUT2D eigenvalue weighted by Gasteiger charge is 2.47. The van der Waals surface area contributed by atoms with Crippen LogP contribution in [0.4, 0.5) is 26.7 Å². The highest BCUT2D eigenvalue weighted by atomic mass is 16.2. The fourth-order valence-corrected chi connectivity index (χ4v) is 16.1. The Morgan fingerprint density at radius 1 is 0.475 bits per heavy atom. The van der Waals surface area contributed by atoms with Gasteiger partial charge >= 0.3 is 12.1 Å². The summed E-state index contributed by atoms with van der Waals surface area (Å²) in [5, 5.41) is 0. The maximum Gasteiger partial charge on any atom is 0.323 e. The highest BCUT2D eigenvalue weighted by molar-refractivity contribution is 5.94. The van der Waals surface area contributed by atoms with Crippen LogP contribution in [-0.4, -0.2) is 149 Å². The Morgan fingerprint density at radius 3 is 1.18 bits per heavy atom. The van der Waals surface area contributed by atoms with Crippen molar-refractivity contribution in [3.8, 4) is 0 Å². The first-order chi connectivity index (χ1) is 38.1. The van der Waals surface area contributed by atoms with E-state index >= 15 is 0 Å². The zero-order chi connectivity index (χ0) is 57.0. The molecule has 80 heavy (non-hydrogen) atoms. The maximum atomic E-state index is 12.8. The standard InChI is InChI=1S/C24H35N3O.C23H37N3O.C22H34N2O/c1-25(2)23(28)27-13-5-10-24(20-6-3-4-7-21(20)27)11-14-26(15-12-24)22-17-18-8-9-19(22)16-18;1-22(2,3)12-16-25-17-13-23(14-18-25)11-8-15-26(21(27)24(4)5)20-10-7-6-9-19(20)23;1-18(25)24-14-7-10-22(19-8-5-6-9-20(19)24)12-16-23(17-13-22)15-11-21(2,3)4/h3-4,6-7,18-19,22H,5,8-17H2,1-2H3;6-7,9-10H,8,11-18H2,1-5H3;5-6,8-9H,7,10-17H2,1-4H3/t18-,19-,22?;;/m1../s1. The van der Waals surface area contributed by atoms with Crippen molar-refractivity contribution in [2.24, 2.45) is 22.7 Å². The number of rotatable bonds is 5. The van der Waals surface area contributed by atoms with E-state index in [9.17, 15) is 14.4 Å². The number of fused-ring (bicyclic) bond motifs is 8. The number of piperidine rings is 3. The third kappa shape index (κ3) is 13.6. The van der Waals surface area contributed by atoms with Crippen LogP contribution in [0.5, 0.6) is 0 Å². The predicted octanol–water partition coefficient (Wildman–Crippen LogP) is 13.8. The molecule has 0 aromatic heterocycles. The number of likely N-dealkylation sites (tertiary alicyclic amines) is 3. The summed E-state index contributed by atoms with van der Waals surface area (Å²) in [6.45, 7) is 27.8. The monoisotopic (exact) mass is 1090 g/mol. The van der Waals surface area contributed by atoms with E-state index in [1.807, 2.05) is 42.9 Å². The van der Waals surface area contributed by atoms with Gasteiger partial charge in [-0.25, -0.2) is 9.59 Å². The average molecular weight is 1100 g/mol. The molecule has 5 amide bonds. The molecule has 2 saturated carbocycles. The Labute approximate surface area is 485 Å². The van der Waals surface area contributed by atoms with E-state index in [1.54, 1.807) is 16.7 Å². The number of hydrogen-bond donors (Lipinski definition) is 0. The minimum absolute atomic E-state index is 0.0992. The van der Waals surface area contributed by atoms with Crippen LogP contribution in [0.15, 0.2) is 72.8 Å². The van der Waals surface area contributed by atoms with Gasteiger partial charge in [-0.3, -0.25) is 14.6 Å². The van der Waals surface area contributed by atoms with Crippen molar-refractivity contribution in [2.45, 2.75) is 186 Å². The zero-order valence-corrected chi connectivity index (χ0v) is 52.0. The molecule has 6 heterocycles. The van der Waals surface area contributed by atoms with Gasteiger partial charge in [0, 0.05) is 77.9 Å². The number of nitrogens with zero attached hydrogens (tertiary/aromatic N) is 8. The van der Waals surface area contributed by atoms with Crippen LogP contribution in [0.25, 0.3) is 0 Å². The first kappa shape index (κ1) is 60.2. The Balaban J connectivity index is 0.000000146. The van der Waals surface area contributed by atoms with E-state index in [4.69, 9.17) is 0 Å². The van der Waals surface area contributed by atoms with Gasteiger partial charge in [0.25, 0.3) is 0 Å². The van der Waals surface area contributed by atoms with Crippen LogP contribution in [-0.2, 0) is 21.0 Å². The second-order valence-corrected chi connectivity index (χ2v) is 29.1. The lowest BCUT2D eigenvalue weighted by Gasteiger charge is -2.46. The van der Waals surface area contributed by atoms with Crippen LogP contribution < -0.4 is 14.7 Å². The van der Waals surface area contributed by atoms with Gasteiger partial charge in [-0.05, 0) is 235 Å². The fraction of sp³-hybridized carbons (Fsp3) is 0.696. The van der Waals surface area contributed by atoms with E-state index in [2.05, 4.69) is 129 Å². The summed E-state index contributed by atoms with van der Waals surface area (Å²) in [6, 6.07) is 27.1. The number of hydrogen-bond acceptors (Lipinski definition) is 6. The molecule has 2 aliphatic carbocycles. The molecule has 3 atom stereocenters. The first-order valence-corrected chi connectivity index (χ1v) is 31.8. The highest BCUT2D eigenvalue weighted by Crippen LogP contribution is 2.52. The van der Waals surface area contributed by atoms with E-state index in [1.165, 1.54) is 165 Å². The molecule has 5 fully saturated rings. The van der Waals surface area contributed by atoms with E-state index in [-0.39, 0.29) is 34.2 Å². The van der Waals surface area contributed by atoms with Gasteiger partial charge in [-0.1, -0.05) is 103 Å². The lowest BCUT2D eigenvalue weighted by atomic mass is 9.69. The second-order valence-electron chi connectivity index (χ2n) is 29.1. The minimum atomic E-state index is 0.0992. The number of carbonyl (C=O) groups excluding carboxylic acids is 3. The SMILES string of the molecule is CC(=O)N1CCCC2(CCN(CCC(C)(C)C)CC2)c2ccccc21.CN(C)C(=O)N1CCCC2(CCN(C3C[C@@H]4CC[C@@H]3C4)CC2)c2ccccc21.CN(C)C(=O)N1CCCC2(CCN(CCC(C)(C)C)CC2)c2ccccc21. The quantitative estimate of drug-likeness (QED) is 0.253. The maximum absolute atomic E-state index is 12.8. The van der Waals surface area contributed by atoms with Crippen LogP contribution >= 0.6 is 0 Å². The molecule has 0 radical (unpaired) electrons. The zero-order valence-electron chi connectivity index (χ0n) is 52.0. The normalized spacial score (nSPS) is 24.5. The molecule has 0 N–H and O–H groups in total. The van der Waals surface area contributed by atoms with Crippen LogP contribution in [0.3, 0.4) is 0 Å². The number of benzene rings is 3. The lowest BCUT2D eigenvalue weighted by Crippen LogP contribution is -2.48. The van der Waals surface area contributed by atoms with Gasteiger partial charge < -0.3 is 29.4 Å². The van der Waals surface area contributed by atoms with Crippen molar-refractivity contribution in [2.75, 3.05) is 115 Å². The molecular weight excluding hydrogens is 989 g/mol. The Morgan fingerprint density at radius 2 is 0.838 bits per heavy atom. The smallest absolute Gasteiger partial charge is 0.323 e. The summed E-state index contributed by atoms with van der Waals surface area (Å²) in [5.41, 5.74) is 9.26. The molecular formula is C69H106N8O3. The van der Waals surface area contributed by atoms with Crippen molar-refractivity contribution in [3.05, 3.63) is 89.5 Å². The summed E-state index contributed by atoms with van der Waals surface area (Å²) in [4.78, 5) is 55.3. The van der Waals surface area contributed by atoms with Gasteiger partial charge in [0.2, 0.25) is 5.91 Å². The average Bonchev–Trinajstić information content (AvgIpc) is 3.98. The molecule has 11 rings (SSSR count). The third-order valence-corrected chi connectivity index (χ3v) is 20.9. The summed E-state index contributed by atoms with van der Waals surface area (Å²) in [7, 11) is 7.41. The fourth-order valence-electron chi connectivity index (χ4n) is 16.1. The van der Waals surface area contributed by atoms with E-state index in [0.29, 0.717) is 10.8 Å². The summed E-state index contributed by atoms with van der Waals surface area (Å²) in [6.07, 6.45) is 22.7.